The Morgan fingerprint density at radius 2 is 1.27 bits per heavy atom. The molecule has 2 aromatic rings. The van der Waals surface area contributed by atoms with Gasteiger partial charge in [0.1, 0.15) is 109 Å². The van der Waals surface area contributed by atoms with Crippen LogP contribution in [0.4, 0.5) is 0 Å². The van der Waals surface area contributed by atoms with Gasteiger partial charge in [0.25, 0.3) is 0 Å². The molecule has 2 unspecified atom stereocenters. The monoisotopic (exact) mass is 1370 g/mol. The third-order valence-corrected chi connectivity index (χ3v) is 17.4. The highest BCUT2D eigenvalue weighted by Crippen LogP contribution is 2.32. The molecule has 5 saturated heterocycles. The zero-order valence-corrected chi connectivity index (χ0v) is 52.2. The summed E-state index contributed by atoms with van der Waals surface area (Å²) in [6.07, 6.45) is -33.9. The summed E-state index contributed by atoms with van der Waals surface area (Å²) in [5.74, 6) is -9.46. The number of nitrogens with zero attached hydrogens (tertiary/aromatic N) is 1. The second-order valence-corrected chi connectivity index (χ2v) is 24.6. The Kier molecular flexibility index (Phi) is 25.7. The number of aliphatic hydroxyl groups is 13. The molecular weight excluding hydrogens is 1280 g/mol. The molecule has 38 heteroatoms. The number of benzene rings is 2. The zero-order chi connectivity index (χ0) is 70.1. The fourth-order valence-corrected chi connectivity index (χ4v) is 12.0. The van der Waals surface area contributed by atoms with Gasteiger partial charge in [0.05, 0.1) is 45.5 Å². The molecule has 96 heavy (non-hydrogen) atoms. The number of hydrogen-bond donors (Lipinski definition) is 24. The van der Waals surface area contributed by atoms with Crippen molar-refractivity contribution >= 4 is 47.4 Å². The lowest BCUT2D eigenvalue weighted by atomic mass is 9.92. The summed E-state index contributed by atoms with van der Waals surface area (Å²) in [5, 5.41) is 162. The Labute approximate surface area is 547 Å². The summed E-state index contributed by atoms with van der Waals surface area (Å²) in [5.41, 5.74) is 12.9. The predicted molar refractivity (Wildman–Crippen MR) is 320 cm³/mol. The van der Waals surface area contributed by atoms with Crippen LogP contribution in [-0.2, 0) is 63.7 Å². The molecule has 0 aliphatic carbocycles. The molecule has 6 aliphatic heterocycles. The summed E-state index contributed by atoms with van der Waals surface area (Å²) >= 11 is 0. The minimum Gasteiger partial charge on any atom is -0.462 e. The van der Waals surface area contributed by atoms with Crippen molar-refractivity contribution in [1.82, 2.24) is 42.5 Å². The van der Waals surface area contributed by atoms with E-state index in [1.54, 1.807) is 51.1 Å². The maximum atomic E-state index is 15.1. The SMILES string of the molecule is CC(C)CC(=O)O[C@@H]1[C@H](O)[C@@H](O[C@H]2[C@H](O)[C@H](O)[C@@H](Oc3ccc(C[C@H]4NC(=O)[C@H]([C@@H](C)c5ccccc5)NC(=O)CNC(=O)[C@H](CO)NC(=O)[C@@H]([C@@H](O)[C@@H]5CNC(N)[NH+]5[C@H]5O[C@H](O)[C@@H](O)[C@H](O)[C@@H]5O)NC(=O)[C@H]([C@@H](O)[C@@H]5CN=C(N)N5)NC4=O)cc3)O[C@@H]2CO)O[C@H](CO)[C@H]1O. The van der Waals surface area contributed by atoms with E-state index >= 15 is 9.59 Å². The number of aliphatic imine (C=N–C) groups is 1. The number of aliphatic hydroxyl groups excluding tert-OH is 13. The molecule has 0 aromatic heterocycles. The Hall–Kier alpha value is -7.00. The number of carbonyl (C=O) groups excluding carboxylic acids is 7. The van der Waals surface area contributed by atoms with Gasteiger partial charge >= 0.3 is 5.97 Å². The van der Waals surface area contributed by atoms with Crippen molar-refractivity contribution in [3.63, 3.8) is 0 Å². The van der Waals surface area contributed by atoms with Gasteiger partial charge in [-0.25, -0.2) is 5.32 Å². The van der Waals surface area contributed by atoms with Crippen LogP contribution in [0.5, 0.6) is 5.75 Å². The fourth-order valence-electron chi connectivity index (χ4n) is 12.0. The van der Waals surface area contributed by atoms with Crippen molar-refractivity contribution in [3.8, 4) is 5.75 Å². The molecule has 26 N–H and O–H groups in total. The third kappa shape index (κ3) is 17.5. The van der Waals surface area contributed by atoms with E-state index in [-0.39, 0.29) is 47.6 Å². The first-order valence-corrected chi connectivity index (χ1v) is 31.0. The van der Waals surface area contributed by atoms with Gasteiger partial charge in [0, 0.05) is 18.8 Å². The number of amides is 6. The lowest BCUT2D eigenvalue weighted by Crippen LogP contribution is -3.25. The first kappa shape index (κ1) is 74.8. The van der Waals surface area contributed by atoms with Crippen LogP contribution in [0.15, 0.2) is 59.6 Å². The predicted octanol–water partition coefficient (Wildman–Crippen LogP) is -14.0. The van der Waals surface area contributed by atoms with Crippen molar-refractivity contribution in [2.75, 3.05) is 39.5 Å². The number of ether oxygens (including phenoxy) is 6. The summed E-state index contributed by atoms with van der Waals surface area (Å²) < 4.78 is 33.9. The summed E-state index contributed by atoms with van der Waals surface area (Å²) in [6.45, 7) is 0.517. The first-order valence-electron chi connectivity index (χ1n) is 31.0. The molecule has 5 fully saturated rings. The standard InChI is InChI=1S/C58H86N12O26/c1-21(2)13-33(75)94-47-39(78)30(19-72)92-56(45(47)84)95-46-31(20-73)93-55(44(83)41(46)80)91-25-11-9-23(10-12-25)14-26-49(86)68-35(37(76)27-15-62-57(59)66-27)52(89)69-36(38(77)29-16-63-58(60)70(29)53-42(81)40(79)43(82)54(90)96-53)51(88)65-28(18-71)48(85)61-17-32(74)67-34(50(87)64-26)22(3)24-7-5-4-6-8-24/h4-12,21-22,26-31,34-47,53-56,58,63,71-73,76-84,90H,13-20,60H2,1-3H3,(H,61,85)(H,64,87)(H,65,88)(H,67,74)(H,68,86)(H,69,89)(H3,59,62,66)/p+1/t22-,26+,27-,28-,29-,30+,31+,34-,35-,36+,37-,38-,39+,40+,41+,42-,43-,44-,45-,46+,47-,53-,54-,55-,56+,58?/m0/s1. The summed E-state index contributed by atoms with van der Waals surface area (Å²) in [4.78, 5) is 104. The van der Waals surface area contributed by atoms with Crippen LogP contribution < -0.4 is 63.6 Å². The second kappa shape index (κ2) is 33.0. The lowest BCUT2D eigenvalue weighted by Gasteiger charge is -2.46. The van der Waals surface area contributed by atoms with E-state index in [2.05, 4.69) is 47.5 Å². The molecule has 0 spiro atoms. The van der Waals surface area contributed by atoms with E-state index in [0.717, 1.165) is 0 Å². The molecule has 6 aliphatic rings. The van der Waals surface area contributed by atoms with Crippen molar-refractivity contribution in [2.24, 2.45) is 22.4 Å². The topological polar surface area (TPSA) is 603 Å². The maximum Gasteiger partial charge on any atom is 0.306 e. The van der Waals surface area contributed by atoms with Crippen LogP contribution in [0.25, 0.3) is 0 Å². The largest absolute Gasteiger partial charge is 0.462 e. The minimum atomic E-state index is -2.31. The second-order valence-electron chi connectivity index (χ2n) is 24.6. The van der Waals surface area contributed by atoms with E-state index in [0.29, 0.717) is 5.56 Å². The van der Waals surface area contributed by atoms with E-state index in [9.17, 15) is 90.4 Å². The van der Waals surface area contributed by atoms with Gasteiger partial charge in [-0.3, -0.25) is 53.9 Å². The molecular formula is C58H87N12O26+. The van der Waals surface area contributed by atoms with Crippen molar-refractivity contribution in [3.05, 3.63) is 65.7 Å². The fraction of sp³-hybridized carbons (Fsp3) is 0.655. The Bertz CT molecular complexity index is 3020. The molecule has 534 valence electrons. The highest BCUT2D eigenvalue weighted by atomic mass is 16.7. The minimum absolute atomic E-state index is 0.0827. The van der Waals surface area contributed by atoms with Gasteiger partial charge in [-0.05, 0) is 29.2 Å². The normalized spacial score (nSPS) is 37.8. The molecule has 8 rings (SSSR count). The van der Waals surface area contributed by atoms with E-state index in [1.807, 2.05) is 0 Å². The molecule has 0 saturated carbocycles. The number of nitrogens with one attached hydrogen (secondary N) is 9. The van der Waals surface area contributed by atoms with Crippen molar-refractivity contribution in [2.45, 2.75) is 193 Å². The first-order chi connectivity index (χ1) is 45.5. The van der Waals surface area contributed by atoms with Crippen LogP contribution in [0.3, 0.4) is 0 Å². The van der Waals surface area contributed by atoms with Crippen LogP contribution >= 0.6 is 0 Å². The molecule has 27 atom stereocenters. The smallest absolute Gasteiger partial charge is 0.306 e. The molecule has 6 amide bonds. The molecule has 0 bridgehead atoms. The zero-order valence-electron chi connectivity index (χ0n) is 52.2. The van der Waals surface area contributed by atoms with Gasteiger partial charge in [-0.15, -0.1) is 0 Å². The number of carbonyl (C=O) groups is 7. The molecule has 2 aromatic carbocycles. The number of rotatable bonds is 19. The highest BCUT2D eigenvalue weighted by Gasteiger charge is 2.57. The number of hydrogen-bond acceptors (Lipinski definition) is 31. The van der Waals surface area contributed by atoms with Gasteiger partial charge in [-0.1, -0.05) is 63.2 Å². The van der Waals surface area contributed by atoms with E-state index in [4.69, 9.17) is 39.9 Å². The molecule has 0 radical (unpaired) electrons. The van der Waals surface area contributed by atoms with E-state index in [1.165, 1.54) is 24.3 Å². The van der Waals surface area contributed by atoms with Gasteiger partial charge < -0.3 is 133 Å². The summed E-state index contributed by atoms with van der Waals surface area (Å²) in [7, 11) is 0. The number of nitrogens with two attached hydrogens (primary N) is 2. The summed E-state index contributed by atoms with van der Waals surface area (Å²) in [6, 6.07) is 0.998. The molecule has 38 nitrogen and oxygen atoms in total. The van der Waals surface area contributed by atoms with Gasteiger partial charge in [0.2, 0.25) is 48.0 Å². The van der Waals surface area contributed by atoms with Crippen LogP contribution in [0.2, 0.25) is 0 Å². The Morgan fingerprint density at radius 1 is 0.646 bits per heavy atom. The van der Waals surface area contributed by atoms with Crippen LogP contribution in [0.1, 0.15) is 44.2 Å². The Morgan fingerprint density at radius 3 is 1.91 bits per heavy atom. The Balaban J connectivity index is 1.09. The number of guanidine groups is 1. The maximum absolute atomic E-state index is 15.1. The quantitative estimate of drug-likeness (QED) is 0.0581. The van der Waals surface area contributed by atoms with Crippen LogP contribution in [-0.4, -0.2) is 306 Å². The highest BCUT2D eigenvalue weighted by molar-refractivity contribution is 5.98. The lowest BCUT2D eigenvalue weighted by molar-refractivity contribution is -0.991. The average Bonchev–Trinajstić information content (AvgIpc) is 1.47. The van der Waals surface area contributed by atoms with E-state index < -0.39 is 233 Å². The molecule has 6 heterocycles. The average molecular weight is 1370 g/mol. The van der Waals surface area contributed by atoms with Crippen LogP contribution in [0, 0.1) is 5.92 Å². The van der Waals surface area contributed by atoms with Gasteiger partial charge in [0.15, 0.2) is 37.0 Å². The van der Waals surface area contributed by atoms with Crippen molar-refractivity contribution in [1.29, 1.82) is 0 Å². The van der Waals surface area contributed by atoms with Gasteiger partial charge in [-0.2, -0.15) is 0 Å². The number of quaternary nitrogens is 1. The van der Waals surface area contributed by atoms with Crippen molar-refractivity contribution < 1.29 is 133 Å². The number of esters is 1. The third-order valence-electron chi connectivity index (χ3n) is 17.4.